The van der Waals surface area contributed by atoms with E-state index in [-0.39, 0.29) is 6.10 Å². The number of ether oxygens (including phenoxy) is 1. The maximum absolute atomic E-state index is 10.2. The standard InChI is InChI=1S/C24H42O3/c1-22(2,26)13-14-27-21-8-7-19-18-6-5-16-15-17(25)9-11-23(16,3)20(18)10-12-24(19,21)4/h16-21,25-26H,5-15H2,1-4H3. The van der Waals surface area contributed by atoms with Gasteiger partial charge in [0.1, 0.15) is 0 Å². The lowest BCUT2D eigenvalue weighted by Gasteiger charge is -2.60. The third kappa shape index (κ3) is 3.51. The van der Waals surface area contributed by atoms with Crippen molar-refractivity contribution in [1.82, 2.24) is 0 Å². The zero-order valence-electron chi connectivity index (χ0n) is 18.0. The van der Waals surface area contributed by atoms with Gasteiger partial charge in [-0.25, -0.2) is 0 Å². The van der Waals surface area contributed by atoms with Gasteiger partial charge in [-0.2, -0.15) is 0 Å². The third-order valence-corrected chi connectivity index (χ3v) is 9.58. The molecule has 2 N–H and O–H groups in total. The fourth-order valence-corrected chi connectivity index (χ4v) is 7.91. The smallest absolute Gasteiger partial charge is 0.0631 e. The molecular weight excluding hydrogens is 336 g/mol. The molecule has 4 saturated carbocycles. The Bertz CT molecular complexity index is 540. The summed E-state index contributed by atoms with van der Waals surface area (Å²) in [5.74, 6) is 3.28. The van der Waals surface area contributed by atoms with Gasteiger partial charge >= 0.3 is 0 Å². The summed E-state index contributed by atoms with van der Waals surface area (Å²) in [6, 6.07) is 0. The number of hydrogen-bond donors (Lipinski definition) is 2. The first-order valence-corrected chi connectivity index (χ1v) is 11.7. The number of fused-ring (bicyclic) bond motifs is 5. The van der Waals surface area contributed by atoms with E-state index in [9.17, 15) is 10.2 Å². The number of aliphatic hydroxyl groups is 2. The van der Waals surface area contributed by atoms with Crippen molar-refractivity contribution in [3.63, 3.8) is 0 Å². The van der Waals surface area contributed by atoms with Crippen LogP contribution >= 0.6 is 0 Å². The molecular formula is C24H42O3. The molecule has 0 amide bonds. The highest BCUT2D eigenvalue weighted by Crippen LogP contribution is 2.66. The Balaban J connectivity index is 1.46. The van der Waals surface area contributed by atoms with Crippen LogP contribution in [0.5, 0.6) is 0 Å². The SMILES string of the molecule is CC(C)(O)CCOC1CCC2C3CCC4CC(O)CCC4(C)C3CCC12C. The zero-order chi connectivity index (χ0) is 19.4. The molecule has 27 heavy (non-hydrogen) atoms. The summed E-state index contributed by atoms with van der Waals surface area (Å²) in [7, 11) is 0. The van der Waals surface area contributed by atoms with E-state index in [1.165, 1.54) is 44.9 Å². The van der Waals surface area contributed by atoms with Crippen molar-refractivity contribution in [1.29, 1.82) is 0 Å². The van der Waals surface area contributed by atoms with E-state index in [4.69, 9.17) is 4.74 Å². The van der Waals surface area contributed by atoms with Crippen molar-refractivity contribution < 1.29 is 14.9 Å². The van der Waals surface area contributed by atoms with E-state index in [2.05, 4.69) is 13.8 Å². The van der Waals surface area contributed by atoms with E-state index in [0.29, 0.717) is 23.5 Å². The molecule has 0 aromatic rings. The van der Waals surface area contributed by atoms with Crippen LogP contribution in [-0.4, -0.2) is 34.6 Å². The summed E-state index contributed by atoms with van der Waals surface area (Å²) >= 11 is 0. The van der Waals surface area contributed by atoms with Crippen LogP contribution in [0.3, 0.4) is 0 Å². The Labute approximate surface area is 166 Å². The van der Waals surface area contributed by atoms with Gasteiger partial charge < -0.3 is 14.9 Å². The van der Waals surface area contributed by atoms with Crippen molar-refractivity contribution in [3.8, 4) is 0 Å². The van der Waals surface area contributed by atoms with E-state index in [1.54, 1.807) is 0 Å². The molecule has 4 aliphatic rings. The molecule has 0 bridgehead atoms. The summed E-state index contributed by atoms with van der Waals surface area (Å²) in [6.07, 6.45) is 12.2. The highest BCUT2D eigenvalue weighted by molar-refractivity contribution is 5.09. The van der Waals surface area contributed by atoms with Crippen molar-refractivity contribution in [2.45, 2.75) is 110 Å². The largest absolute Gasteiger partial charge is 0.393 e. The first-order chi connectivity index (χ1) is 12.6. The Morgan fingerprint density at radius 3 is 2.37 bits per heavy atom. The fourth-order valence-electron chi connectivity index (χ4n) is 7.91. The molecule has 3 nitrogen and oxygen atoms in total. The second kappa shape index (κ2) is 6.99. The number of hydrogen-bond acceptors (Lipinski definition) is 3. The van der Waals surface area contributed by atoms with Crippen LogP contribution in [0.25, 0.3) is 0 Å². The molecule has 0 aromatic carbocycles. The molecule has 0 radical (unpaired) electrons. The van der Waals surface area contributed by atoms with Gasteiger partial charge in [0.25, 0.3) is 0 Å². The number of aliphatic hydroxyl groups excluding tert-OH is 1. The summed E-state index contributed by atoms with van der Waals surface area (Å²) in [6.45, 7) is 9.51. The van der Waals surface area contributed by atoms with Crippen molar-refractivity contribution >= 4 is 0 Å². The summed E-state index contributed by atoms with van der Waals surface area (Å²) < 4.78 is 6.38. The average molecular weight is 379 g/mol. The first kappa shape index (κ1) is 20.2. The van der Waals surface area contributed by atoms with E-state index in [1.807, 2.05) is 13.8 Å². The minimum Gasteiger partial charge on any atom is -0.393 e. The van der Waals surface area contributed by atoms with Crippen molar-refractivity contribution in [2.24, 2.45) is 34.5 Å². The third-order valence-electron chi connectivity index (χ3n) is 9.58. The van der Waals surface area contributed by atoms with E-state index >= 15 is 0 Å². The molecule has 0 aliphatic heterocycles. The van der Waals surface area contributed by atoms with Crippen LogP contribution in [0.2, 0.25) is 0 Å². The summed E-state index contributed by atoms with van der Waals surface area (Å²) in [5, 5.41) is 20.2. The molecule has 0 heterocycles. The van der Waals surface area contributed by atoms with Gasteiger partial charge in [-0.05, 0) is 113 Å². The van der Waals surface area contributed by atoms with E-state index < -0.39 is 5.60 Å². The maximum atomic E-state index is 10.2. The Morgan fingerprint density at radius 2 is 1.63 bits per heavy atom. The molecule has 0 saturated heterocycles. The Morgan fingerprint density at radius 1 is 0.926 bits per heavy atom. The fraction of sp³-hybridized carbons (Fsp3) is 1.00. The molecule has 4 aliphatic carbocycles. The van der Waals surface area contributed by atoms with Crippen molar-refractivity contribution in [3.05, 3.63) is 0 Å². The molecule has 8 atom stereocenters. The second-order valence-corrected chi connectivity index (χ2v) is 11.6. The van der Waals surface area contributed by atoms with Gasteiger partial charge in [0, 0.05) is 6.61 Å². The normalized spacial score (nSPS) is 50.0. The minimum absolute atomic E-state index is 0.0477. The highest BCUT2D eigenvalue weighted by atomic mass is 16.5. The van der Waals surface area contributed by atoms with Gasteiger partial charge in [0.15, 0.2) is 0 Å². The van der Waals surface area contributed by atoms with Gasteiger partial charge in [-0.3, -0.25) is 0 Å². The van der Waals surface area contributed by atoms with Crippen LogP contribution in [0, 0.1) is 34.5 Å². The lowest BCUT2D eigenvalue weighted by molar-refractivity contribution is -0.142. The molecule has 4 rings (SSSR count). The van der Waals surface area contributed by atoms with Crippen LogP contribution in [0.15, 0.2) is 0 Å². The van der Waals surface area contributed by atoms with Crippen LogP contribution in [-0.2, 0) is 4.74 Å². The maximum Gasteiger partial charge on any atom is 0.0631 e. The van der Waals surface area contributed by atoms with Gasteiger partial charge in [0.2, 0.25) is 0 Å². The lowest BCUT2D eigenvalue weighted by atomic mass is 9.45. The monoisotopic (exact) mass is 378 g/mol. The van der Waals surface area contributed by atoms with Gasteiger partial charge in [0.05, 0.1) is 17.8 Å². The van der Waals surface area contributed by atoms with Crippen LogP contribution < -0.4 is 0 Å². The Hall–Kier alpha value is -0.120. The summed E-state index contributed by atoms with van der Waals surface area (Å²) in [4.78, 5) is 0. The number of rotatable bonds is 4. The topological polar surface area (TPSA) is 49.7 Å². The minimum atomic E-state index is -0.630. The van der Waals surface area contributed by atoms with Gasteiger partial charge in [-0.15, -0.1) is 0 Å². The quantitative estimate of drug-likeness (QED) is 0.729. The van der Waals surface area contributed by atoms with Crippen molar-refractivity contribution in [2.75, 3.05) is 6.61 Å². The molecule has 8 unspecified atom stereocenters. The lowest BCUT2D eigenvalue weighted by Crippen LogP contribution is -2.54. The van der Waals surface area contributed by atoms with Crippen LogP contribution in [0.4, 0.5) is 0 Å². The molecule has 0 spiro atoms. The van der Waals surface area contributed by atoms with Crippen LogP contribution in [0.1, 0.15) is 91.9 Å². The predicted octanol–water partition coefficient (Wildman–Crippen LogP) is 4.94. The highest BCUT2D eigenvalue weighted by Gasteiger charge is 2.60. The molecule has 156 valence electrons. The zero-order valence-corrected chi connectivity index (χ0v) is 18.0. The predicted molar refractivity (Wildman–Crippen MR) is 108 cm³/mol. The van der Waals surface area contributed by atoms with E-state index in [0.717, 1.165) is 42.9 Å². The molecule has 4 fully saturated rings. The second-order valence-electron chi connectivity index (χ2n) is 11.6. The molecule has 3 heteroatoms. The van der Waals surface area contributed by atoms with Gasteiger partial charge in [-0.1, -0.05) is 13.8 Å². The summed E-state index contributed by atoms with van der Waals surface area (Å²) in [5.41, 5.74) is 0.163. The average Bonchev–Trinajstić information content (AvgIpc) is 2.91. The Kier molecular flexibility index (Phi) is 5.22. The first-order valence-electron chi connectivity index (χ1n) is 11.7. The molecule has 0 aromatic heterocycles.